The van der Waals surface area contributed by atoms with Gasteiger partial charge in [0.15, 0.2) is 5.82 Å². The number of hydrogen-bond acceptors (Lipinski definition) is 9. The molecule has 0 radical (unpaired) electrons. The van der Waals surface area contributed by atoms with Gasteiger partial charge in [0.25, 0.3) is 0 Å². The predicted molar refractivity (Wildman–Crippen MR) is 236 cm³/mol. The second-order valence-electron chi connectivity index (χ2n) is 16.4. The largest absolute Gasteiger partial charge is 0.372 e. The molecule has 16 heteroatoms. The van der Waals surface area contributed by atoms with E-state index in [2.05, 4.69) is 54.0 Å². The normalized spacial score (nSPS) is 19.7. The summed E-state index contributed by atoms with van der Waals surface area (Å²) in [6, 6.07) is 22.9. The first-order valence-corrected chi connectivity index (χ1v) is 22.9. The first-order valence-electron chi connectivity index (χ1n) is 21.1. The molecule has 13 nitrogen and oxygen atoms in total. The van der Waals surface area contributed by atoms with Gasteiger partial charge in [-0.1, -0.05) is 23.7 Å². The smallest absolute Gasteiger partial charge is 0.301 e. The minimum absolute atomic E-state index is 0.128. The van der Waals surface area contributed by atoms with Crippen LogP contribution in [0.1, 0.15) is 50.0 Å². The molecule has 9 rings (SSSR count). The van der Waals surface area contributed by atoms with Crippen LogP contribution in [0.5, 0.6) is 0 Å². The Morgan fingerprint density at radius 2 is 1.41 bits per heavy atom. The van der Waals surface area contributed by atoms with Crippen LogP contribution < -0.4 is 19.8 Å². The molecule has 3 aromatic carbocycles. The standard InChI is InChI=1S/C45H49ClFN9O4S/c46-34-27-39(43(47)41(28-34)51-61(59,60)55-19-1-2-20-55)40-30-56(50-44(40)33-13-17-48-18-14-33)37-9-7-36(8-10-37)54-25-23-52(24-26-54)29-31-15-21-53(22-16-31)35-5-3-32(4-6-35)38-11-12-42(57)49-45(38)58/h3-10,13-14,17-18,27-28,30-31,38,51H,1-2,11-12,15-16,19-26,29H2,(H,49,57,58)/t38-/m1/s1. The van der Waals surface area contributed by atoms with Gasteiger partial charge in [0.1, 0.15) is 5.69 Å². The monoisotopic (exact) mass is 865 g/mol. The van der Waals surface area contributed by atoms with Crippen LogP contribution in [0.15, 0.2) is 91.4 Å². The maximum atomic E-state index is 16.4. The van der Waals surface area contributed by atoms with Crippen LogP contribution >= 0.6 is 11.6 Å². The lowest BCUT2D eigenvalue weighted by molar-refractivity contribution is -0.134. The van der Waals surface area contributed by atoms with Crippen molar-refractivity contribution < 1.29 is 22.4 Å². The SMILES string of the molecule is O=C1CC[C@H](c2ccc(N3CCC(CN4CCN(c5ccc(-n6cc(-c7cc(Cl)cc(NS(=O)(=O)N8CCCC8)c7F)c(-c7ccncc7)n6)cc5)CC4)CC3)cc2)C(=O)N1. The Balaban J connectivity index is 0.824. The van der Waals surface area contributed by atoms with E-state index in [0.717, 1.165) is 94.0 Å². The van der Waals surface area contributed by atoms with E-state index in [1.807, 2.05) is 24.3 Å². The number of nitrogens with one attached hydrogen (secondary N) is 2. The van der Waals surface area contributed by atoms with E-state index in [1.54, 1.807) is 35.4 Å². The molecule has 2 amide bonds. The number of benzene rings is 3. The van der Waals surface area contributed by atoms with Gasteiger partial charge in [-0.2, -0.15) is 17.8 Å². The average Bonchev–Trinajstić information content (AvgIpc) is 3.99. The Kier molecular flexibility index (Phi) is 11.8. The summed E-state index contributed by atoms with van der Waals surface area (Å²) < 4.78 is 48.0. The molecule has 0 bridgehead atoms. The molecule has 4 fully saturated rings. The summed E-state index contributed by atoms with van der Waals surface area (Å²) in [5.74, 6) is -0.741. The van der Waals surface area contributed by atoms with Crippen molar-refractivity contribution in [3.63, 3.8) is 0 Å². The molecule has 318 valence electrons. The first kappa shape index (κ1) is 41.0. The number of nitrogens with zero attached hydrogens (tertiary/aromatic N) is 7. The fourth-order valence-corrected chi connectivity index (χ4v) is 10.6. The molecule has 0 saturated carbocycles. The van der Waals surface area contributed by atoms with Gasteiger partial charge in [-0.05, 0) is 104 Å². The van der Waals surface area contributed by atoms with E-state index in [1.165, 1.54) is 22.1 Å². The number of halogens is 2. The number of imide groups is 1. The molecule has 2 aromatic heterocycles. The summed E-state index contributed by atoms with van der Waals surface area (Å²) >= 11 is 6.51. The highest BCUT2D eigenvalue weighted by molar-refractivity contribution is 7.90. The Morgan fingerprint density at radius 3 is 2.08 bits per heavy atom. The molecule has 0 spiro atoms. The highest BCUT2D eigenvalue weighted by Gasteiger charge is 2.30. The van der Waals surface area contributed by atoms with Crippen molar-refractivity contribution in [1.29, 1.82) is 0 Å². The Bertz CT molecular complexity index is 2480. The molecule has 4 aliphatic rings. The van der Waals surface area contributed by atoms with Crippen LogP contribution in [0, 0.1) is 11.7 Å². The number of rotatable bonds is 11. The maximum absolute atomic E-state index is 16.4. The number of aromatic nitrogens is 3. The van der Waals surface area contributed by atoms with Crippen molar-refractivity contribution in [2.24, 2.45) is 5.92 Å². The molecular weight excluding hydrogens is 817 g/mol. The Morgan fingerprint density at radius 1 is 0.770 bits per heavy atom. The third-order valence-electron chi connectivity index (χ3n) is 12.5. The predicted octanol–water partition coefficient (Wildman–Crippen LogP) is 6.71. The number of pyridine rings is 1. The molecule has 4 aliphatic heterocycles. The van der Waals surface area contributed by atoms with Gasteiger partial charge in [0, 0.05) is 117 Å². The number of hydrogen-bond donors (Lipinski definition) is 2. The Hall–Kier alpha value is -5.35. The van der Waals surface area contributed by atoms with Gasteiger partial charge in [-0.3, -0.25) is 29.5 Å². The summed E-state index contributed by atoms with van der Waals surface area (Å²) in [4.78, 5) is 35.5. The van der Waals surface area contributed by atoms with Crippen LogP contribution in [0.4, 0.5) is 21.5 Å². The third kappa shape index (κ3) is 9.01. The molecule has 1 atom stereocenters. The summed E-state index contributed by atoms with van der Waals surface area (Å²) in [6.07, 6.45) is 9.78. The molecule has 6 heterocycles. The summed E-state index contributed by atoms with van der Waals surface area (Å²) in [7, 11) is -3.96. The number of amides is 2. The molecule has 4 saturated heterocycles. The van der Waals surface area contributed by atoms with E-state index in [0.29, 0.717) is 43.1 Å². The third-order valence-corrected chi connectivity index (χ3v) is 14.3. The molecule has 61 heavy (non-hydrogen) atoms. The van der Waals surface area contributed by atoms with Crippen molar-refractivity contribution in [2.75, 3.05) is 73.4 Å². The zero-order valence-electron chi connectivity index (χ0n) is 33.8. The van der Waals surface area contributed by atoms with Crippen LogP contribution in [0.3, 0.4) is 0 Å². The summed E-state index contributed by atoms with van der Waals surface area (Å²) in [6.45, 7) is 7.70. The van der Waals surface area contributed by atoms with Crippen LogP contribution in [-0.2, 0) is 19.8 Å². The second-order valence-corrected chi connectivity index (χ2v) is 18.5. The summed E-state index contributed by atoms with van der Waals surface area (Å²) in [5.41, 5.74) is 5.65. The lowest BCUT2D eigenvalue weighted by Crippen LogP contribution is -2.49. The van der Waals surface area contributed by atoms with Gasteiger partial charge in [-0.15, -0.1) is 0 Å². The quantitative estimate of drug-likeness (QED) is 0.139. The second kappa shape index (κ2) is 17.6. The number of carbonyl (C=O) groups excluding carboxylic acids is 2. The molecule has 5 aromatic rings. The Labute approximate surface area is 360 Å². The highest BCUT2D eigenvalue weighted by Crippen LogP contribution is 2.38. The van der Waals surface area contributed by atoms with Crippen molar-refractivity contribution in [1.82, 2.24) is 29.3 Å². The van der Waals surface area contributed by atoms with Gasteiger partial charge in [0.05, 0.1) is 17.3 Å². The molecule has 0 aliphatic carbocycles. The lowest BCUT2D eigenvalue weighted by atomic mass is 9.90. The van der Waals surface area contributed by atoms with Gasteiger partial charge in [0.2, 0.25) is 11.8 Å². The van der Waals surface area contributed by atoms with Gasteiger partial charge >= 0.3 is 10.2 Å². The molecule has 2 N–H and O–H groups in total. The van der Waals surface area contributed by atoms with E-state index < -0.39 is 16.0 Å². The van der Waals surface area contributed by atoms with E-state index >= 15 is 4.39 Å². The number of carbonyl (C=O) groups is 2. The zero-order valence-corrected chi connectivity index (χ0v) is 35.4. The number of piperazine rings is 1. The number of piperidine rings is 2. The minimum atomic E-state index is -3.96. The minimum Gasteiger partial charge on any atom is -0.372 e. The zero-order chi connectivity index (χ0) is 42.1. The molecule has 0 unspecified atom stereocenters. The first-order chi connectivity index (χ1) is 29.6. The average molecular weight is 866 g/mol. The fraction of sp³-hybridized carbons (Fsp3) is 0.378. The molecular formula is C45H49ClFN9O4S. The van der Waals surface area contributed by atoms with E-state index in [-0.39, 0.29) is 34.0 Å². The van der Waals surface area contributed by atoms with Crippen molar-refractivity contribution >= 4 is 50.7 Å². The van der Waals surface area contributed by atoms with Crippen LogP contribution in [0.25, 0.3) is 28.1 Å². The van der Waals surface area contributed by atoms with Crippen molar-refractivity contribution in [3.05, 3.63) is 108 Å². The highest BCUT2D eigenvalue weighted by atomic mass is 35.5. The van der Waals surface area contributed by atoms with Gasteiger partial charge in [-0.25, -0.2) is 9.07 Å². The van der Waals surface area contributed by atoms with E-state index in [9.17, 15) is 18.0 Å². The lowest BCUT2D eigenvalue weighted by Gasteiger charge is -2.40. The maximum Gasteiger partial charge on any atom is 0.301 e. The topological polar surface area (TPSA) is 136 Å². The number of anilines is 3. The van der Waals surface area contributed by atoms with Crippen LogP contribution in [0.2, 0.25) is 5.02 Å². The van der Waals surface area contributed by atoms with Gasteiger partial charge < -0.3 is 9.80 Å². The van der Waals surface area contributed by atoms with Crippen molar-refractivity contribution in [2.45, 2.75) is 44.4 Å². The van der Waals surface area contributed by atoms with Crippen LogP contribution in [-0.4, -0.2) is 103 Å². The summed E-state index contributed by atoms with van der Waals surface area (Å²) in [5, 5.41) is 7.55. The van der Waals surface area contributed by atoms with Crippen molar-refractivity contribution in [3.8, 4) is 28.1 Å². The fourth-order valence-electron chi connectivity index (χ4n) is 9.09. The van der Waals surface area contributed by atoms with E-state index in [4.69, 9.17) is 16.7 Å².